The molecule has 5 nitrogen and oxygen atoms in total. The molecule has 1 saturated carbocycles. The summed E-state index contributed by atoms with van der Waals surface area (Å²) >= 11 is 0. The minimum absolute atomic E-state index is 0.102. The molecule has 0 bridgehead atoms. The van der Waals surface area contributed by atoms with E-state index in [1.165, 1.54) is 19.1 Å². The number of aryl methyl sites for hydroxylation is 1. The van der Waals surface area contributed by atoms with Crippen LogP contribution in [0, 0.1) is 19.8 Å². The van der Waals surface area contributed by atoms with Crippen LogP contribution in [0.25, 0.3) is 10.9 Å². The van der Waals surface area contributed by atoms with Gasteiger partial charge in [0.1, 0.15) is 11.6 Å². The zero-order valence-electron chi connectivity index (χ0n) is 17.9. The van der Waals surface area contributed by atoms with Crippen LogP contribution in [0.3, 0.4) is 0 Å². The number of aromatic nitrogens is 3. The first kappa shape index (κ1) is 21.3. The molecule has 0 unspecified atom stereocenters. The first-order valence-electron chi connectivity index (χ1n) is 10.4. The Morgan fingerprint density at radius 3 is 2.55 bits per heavy atom. The minimum atomic E-state index is -4.41. The van der Waals surface area contributed by atoms with Crippen LogP contribution in [0.2, 0.25) is 0 Å². The van der Waals surface area contributed by atoms with Crippen LogP contribution in [0.15, 0.2) is 35.3 Å². The Morgan fingerprint density at radius 2 is 1.90 bits per heavy atom. The third-order valence-corrected chi connectivity index (χ3v) is 6.11. The van der Waals surface area contributed by atoms with Gasteiger partial charge in [0.2, 0.25) is 0 Å². The van der Waals surface area contributed by atoms with Crippen molar-refractivity contribution in [2.24, 2.45) is 5.92 Å². The average molecular weight is 430 g/mol. The number of halogens is 3. The van der Waals surface area contributed by atoms with Gasteiger partial charge in [0.25, 0.3) is 5.56 Å². The van der Waals surface area contributed by atoms with Crippen LogP contribution in [0.4, 0.5) is 19.0 Å². The van der Waals surface area contributed by atoms with Crippen molar-refractivity contribution in [3.63, 3.8) is 0 Å². The van der Waals surface area contributed by atoms with E-state index >= 15 is 0 Å². The van der Waals surface area contributed by atoms with Gasteiger partial charge in [-0.3, -0.25) is 4.79 Å². The highest BCUT2D eigenvalue weighted by Gasteiger charge is 2.33. The molecule has 0 saturated heterocycles. The molecule has 1 fully saturated rings. The lowest BCUT2D eigenvalue weighted by molar-refractivity contribution is -0.138. The van der Waals surface area contributed by atoms with E-state index in [0.717, 1.165) is 18.9 Å². The topological polar surface area (TPSA) is 59.8 Å². The summed E-state index contributed by atoms with van der Waals surface area (Å²) in [6.07, 6.45) is -0.739. The molecule has 8 heteroatoms. The van der Waals surface area contributed by atoms with Gasteiger partial charge in [0.05, 0.1) is 22.5 Å². The lowest BCUT2D eigenvalue weighted by Crippen LogP contribution is -2.32. The SMILES string of the molecule is Cc1nc(N[C@H](C)c2cccc(C(F)(F)F)c2C)c2cn(C3CC(C)C3)c(=O)cc2n1. The smallest absolute Gasteiger partial charge is 0.363 e. The Balaban J connectivity index is 1.74. The number of pyridine rings is 1. The molecule has 3 aromatic rings. The fraction of sp³-hybridized carbons (Fsp3) is 0.435. The largest absolute Gasteiger partial charge is 0.416 e. The van der Waals surface area contributed by atoms with Gasteiger partial charge in [-0.15, -0.1) is 0 Å². The highest BCUT2D eigenvalue weighted by molar-refractivity contribution is 5.88. The minimum Gasteiger partial charge on any atom is -0.363 e. The van der Waals surface area contributed by atoms with Crippen molar-refractivity contribution < 1.29 is 13.2 Å². The highest BCUT2D eigenvalue weighted by Crippen LogP contribution is 2.38. The molecule has 31 heavy (non-hydrogen) atoms. The van der Waals surface area contributed by atoms with Gasteiger partial charge in [0.15, 0.2) is 0 Å². The molecular weight excluding hydrogens is 405 g/mol. The summed E-state index contributed by atoms with van der Waals surface area (Å²) in [5.41, 5.74) is 0.507. The van der Waals surface area contributed by atoms with Crippen LogP contribution < -0.4 is 10.9 Å². The predicted octanol–water partition coefficient (Wildman–Crippen LogP) is 5.57. The number of nitrogens with one attached hydrogen (secondary N) is 1. The number of hydrogen-bond acceptors (Lipinski definition) is 4. The highest BCUT2D eigenvalue weighted by atomic mass is 19.4. The van der Waals surface area contributed by atoms with Gasteiger partial charge in [-0.05, 0) is 56.7 Å². The third-order valence-electron chi connectivity index (χ3n) is 6.11. The lowest BCUT2D eigenvalue weighted by Gasteiger charge is -2.34. The predicted molar refractivity (Wildman–Crippen MR) is 114 cm³/mol. The lowest BCUT2D eigenvalue weighted by atomic mass is 9.81. The van der Waals surface area contributed by atoms with Gasteiger partial charge < -0.3 is 9.88 Å². The zero-order chi connectivity index (χ0) is 22.5. The van der Waals surface area contributed by atoms with Gasteiger partial charge in [-0.1, -0.05) is 19.1 Å². The Hall–Kier alpha value is -2.90. The molecule has 4 rings (SSSR count). The van der Waals surface area contributed by atoms with E-state index in [1.54, 1.807) is 30.7 Å². The molecule has 1 N–H and O–H groups in total. The quantitative estimate of drug-likeness (QED) is 0.588. The number of rotatable bonds is 4. The molecule has 1 atom stereocenters. The molecule has 2 aromatic heterocycles. The summed E-state index contributed by atoms with van der Waals surface area (Å²) in [5.74, 6) is 1.58. The normalized spacial score (nSPS) is 19.8. The van der Waals surface area contributed by atoms with E-state index in [-0.39, 0.29) is 17.2 Å². The zero-order valence-corrected chi connectivity index (χ0v) is 17.9. The molecule has 0 spiro atoms. The molecule has 0 amide bonds. The summed E-state index contributed by atoms with van der Waals surface area (Å²) in [7, 11) is 0. The Labute approximate surface area is 178 Å². The van der Waals surface area contributed by atoms with Crippen LogP contribution in [0.5, 0.6) is 0 Å². The molecule has 0 radical (unpaired) electrons. The van der Waals surface area contributed by atoms with Crippen molar-refractivity contribution in [1.29, 1.82) is 0 Å². The fourth-order valence-electron chi connectivity index (χ4n) is 4.43. The van der Waals surface area contributed by atoms with Crippen molar-refractivity contribution in [1.82, 2.24) is 14.5 Å². The summed E-state index contributed by atoms with van der Waals surface area (Å²) in [6.45, 7) is 7.16. The van der Waals surface area contributed by atoms with E-state index in [9.17, 15) is 18.0 Å². The maximum atomic E-state index is 13.3. The molecular formula is C23H25F3N4O. The molecule has 2 heterocycles. The standard InChI is InChI=1S/C23H25F3N4O/c1-12-8-16(9-12)30-11-18-20(10-21(30)31)28-15(4)29-22(18)27-14(3)17-6-5-7-19(13(17)2)23(24,25)26/h5-7,10-12,14,16H,8-9H2,1-4H3,(H,27,28,29)/t12?,14-,16?/m1/s1. The Morgan fingerprint density at radius 1 is 1.19 bits per heavy atom. The van der Waals surface area contributed by atoms with E-state index in [1.807, 2.05) is 0 Å². The van der Waals surface area contributed by atoms with E-state index in [0.29, 0.717) is 34.0 Å². The summed E-state index contributed by atoms with van der Waals surface area (Å²) in [4.78, 5) is 21.5. The van der Waals surface area contributed by atoms with Crippen molar-refractivity contribution in [3.8, 4) is 0 Å². The maximum Gasteiger partial charge on any atom is 0.416 e. The second-order valence-corrected chi connectivity index (χ2v) is 8.55. The molecule has 1 aliphatic rings. The van der Waals surface area contributed by atoms with Crippen LogP contribution in [-0.2, 0) is 6.18 Å². The van der Waals surface area contributed by atoms with Crippen molar-refractivity contribution in [3.05, 3.63) is 63.3 Å². The maximum absolute atomic E-state index is 13.3. The van der Waals surface area contributed by atoms with E-state index < -0.39 is 17.8 Å². The fourth-order valence-corrected chi connectivity index (χ4v) is 4.43. The van der Waals surface area contributed by atoms with Gasteiger partial charge in [0, 0.05) is 18.3 Å². The van der Waals surface area contributed by atoms with Crippen LogP contribution in [0.1, 0.15) is 61.3 Å². The molecule has 164 valence electrons. The number of hydrogen-bond donors (Lipinski definition) is 1. The van der Waals surface area contributed by atoms with E-state index in [4.69, 9.17) is 0 Å². The van der Waals surface area contributed by atoms with Gasteiger partial charge in [-0.25, -0.2) is 9.97 Å². The molecule has 1 aromatic carbocycles. The van der Waals surface area contributed by atoms with Gasteiger partial charge >= 0.3 is 6.18 Å². The monoisotopic (exact) mass is 430 g/mol. The summed E-state index contributed by atoms with van der Waals surface area (Å²) in [6, 6.07) is 5.44. The number of anilines is 1. The van der Waals surface area contributed by atoms with Crippen molar-refractivity contribution >= 4 is 16.7 Å². The first-order chi connectivity index (χ1) is 14.5. The van der Waals surface area contributed by atoms with E-state index in [2.05, 4.69) is 22.2 Å². The average Bonchev–Trinajstić information content (AvgIpc) is 2.64. The molecule has 0 aliphatic heterocycles. The number of fused-ring (bicyclic) bond motifs is 1. The first-order valence-corrected chi connectivity index (χ1v) is 10.4. The van der Waals surface area contributed by atoms with Gasteiger partial charge in [-0.2, -0.15) is 13.2 Å². The Bertz CT molecular complexity index is 1200. The number of nitrogens with zero attached hydrogens (tertiary/aromatic N) is 3. The summed E-state index contributed by atoms with van der Waals surface area (Å²) in [5, 5.41) is 3.94. The summed E-state index contributed by atoms with van der Waals surface area (Å²) < 4.78 is 41.7. The second kappa shape index (κ2) is 7.66. The van der Waals surface area contributed by atoms with Crippen molar-refractivity contribution in [2.75, 3.05) is 5.32 Å². The Kier molecular flexibility index (Phi) is 5.27. The van der Waals surface area contributed by atoms with Crippen molar-refractivity contribution in [2.45, 2.75) is 58.8 Å². The van der Waals surface area contributed by atoms with Crippen LogP contribution >= 0.6 is 0 Å². The number of alkyl halides is 3. The second-order valence-electron chi connectivity index (χ2n) is 8.55. The number of benzene rings is 1. The third kappa shape index (κ3) is 4.03. The van der Waals surface area contributed by atoms with Crippen LogP contribution in [-0.4, -0.2) is 14.5 Å². The molecule has 1 aliphatic carbocycles.